The van der Waals surface area contributed by atoms with Gasteiger partial charge in [-0.1, -0.05) is 24.3 Å². The second-order valence-corrected chi connectivity index (χ2v) is 4.98. The molecule has 20 heavy (non-hydrogen) atoms. The van der Waals surface area contributed by atoms with Crippen LogP contribution in [0.2, 0.25) is 0 Å². The predicted octanol–water partition coefficient (Wildman–Crippen LogP) is 1.59. The molecule has 0 amide bonds. The SMILES string of the molecule is NCCNc1nc(N)nc2c1CCCc1ccccc1-2. The van der Waals surface area contributed by atoms with Crippen molar-refractivity contribution >= 4 is 11.8 Å². The summed E-state index contributed by atoms with van der Waals surface area (Å²) in [6, 6.07) is 8.38. The second kappa shape index (κ2) is 5.46. The molecule has 0 atom stereocenters. The highest BCUT2D eigenvalue weighted by atomic mass is 15.1. The molecule has 1 aliphatic rings. The van der Waals surface area contributed by atoms with Gasteiger partial charge in [-0.15, -0.1) is 0 Å². The molecule has 0 aliphatic heterocycles. The highest BCUT2D eigenvalue weighted by Crippen LogP contribution is 2.34. The molecule has 0 saturated heterocycles. The van der Waals surface area contributed by atoms with Crippen LogP contribution in [0.25, 0.3) is 11.3 Å². The quantitative estimate of drug-likeness (QED) is 0.787. The first kappa shape index (κ1) is 12.9. The van der Waals surface area contributed by atoms with Gasteiger partial charge in [0, 0.05) is 24.2 Å². The van der Waals surface area contributed by atoms with Gasteiger partial charge in [0.05, 0.1) is 5.69 Å². The van der Waals surface area contributed by atoms with Gasteiger partial charge < -0.3 is 16.8 Å². The topological polar surface area (TPSA) is 89.8 Å². The van der Waals surface area contributed by atoms with Crippen LogP contribution in [0.5, 0.6) is 0 Å². The van der Waals surface area contributed by atoms with E-state index in [9.17, 15) is 0 Å². The van der Waals surface area contributed by atoms with Crippen LogP contribution < -0.4 is 16.8 Å². The third kappa shape index (κ3) is 2.32. The Morgan fingerprint density at radius 2 is 2.00 bits per heavy atom. The molecule has 5 nitrogen and oxygen atoms in total. The number of nitrogens with one attached hydrogen (secondary N) is 1. The number of hydrogen-bond donors (Lipinski definition) is 3. The molecule has 5 heteroatoms. The number of benzene rings is 1. The van der Waals surface area contributed by atoms with Crippen LogP contribution in [-0.2, 0) is 12.8 Å². The van der Waals surface area contributed by atoms with E-state index in [1.54, 1.807) is 0 Å². The summed E-state index contributed by atoms with van der Waals surface area (Å²) in [4.78, 5) is 8.82. The van der Waals surface area contributed by atoms with Gasteiger partial charge >= 0.3 is 0 Å². The summed E-state index contributed by atoms with van der Waals surface area (Å²) in [5.41, 5.74) is 16.0. The Labute approximate surface area is 118 Å². The fraction of sp³-hybridized carbons (Fsp3) is 0.333. The van der Waals surface area contributed by atoms with Crippen molar-refractivity contribution in [1.82, 2.24) is 9.97 Å². The number of nitrogens with two attached hydrogens (primary N) is 2. The Morgan fingerprint density at radius 1 is 1.15 bits per heavy atom. The molecule has 1 aliphatic carbocycles. The molecule has 1 aromatic heterocycles. The van der Waals surface area contributed by atoms with E-state index in [-0.39, 0.29) is 0 Å². The monoisotopic (exact) mass is 269 g/mol. The minimum Gasteiger partial charge on any atom is -0.368 e. The zero-order valence-corrected chi connectivity index (χ0v) is 11.4. The van der Waals surface area contributed by atoms with Gasteiger partial charge in [-0.3, -0.25) is 0 Å². The summed E-state index contributed by atoms with van der Waals surface area (Å²) >= 11 is 0. The van der Waals surface area contributed by atoms with E-state index >= 15 is 0 Å². The number of hydrogen-bond acceptors (Lipinski definition) is 5. The number of aryl methyl sites for hydroxylation is 1. The zero-order valence-electron chi connectivity index (χ0n) is 11.4. The molecule has 0 saturated carbocycles. The van der Waals surface area contributed by atoms with Gasteiger partial charge in [-0.05, 0) is 24.8 Å². The van der Waals surface area contributed by atoms with Crippen molar-refractivity contribution in [2.75, 3.05) is 24.1 Å². The van der Waals surface area contributed by atoms with Gasteiger partial charge in [0.1, 0.15) is 5.82 Å². The molecule has 104 valence electrons. The van der Waals surface area contributed by atoms with Crippen LogP contribution in [0.1, 0.15) is 17.5 Å². The van der Waals surface area contributed by atoms with Crippen molar-refractivity contribution in [3.8, 4) is 11.3 Å². The third-order valence-corrected chi connectivity index (χ3v) is 3.61. The van der Waals surface area contributed by atoms with E-state index in [2.05, 4.69) is 33.5 Å². The summed E-state index contributed by atoms with van der Waals surface area (Å²) in [7, 11) is 0. The van der Waals surface area contributed by atoms with Crippen LogP contribution in [0.3, 0.4) is 0 Å². The summed E-state index contributed by atoms with van der Waals surface area (Å²) < 4.78 is 0. The minimum absolute atomic E-state index is 0.306. The zero-order chi connectivity index (χ0) is 13.9. The van der Waals surface area contributed by atoms with Gasteiger partial charge in [-0.25, -0.2) is 4.98 Å². The molecule has 0 spiro atoms. The Hall–Kier alpha value is -2.14. The Bertz CT molecular complexity index is 624. The lowest BCUT2D eigenvalue weighted by Crippen LogP contribution is -2.16. The fourth-order valence-corrected chi connectivity index (χ4v) is 2.72. The molecule has 0 unspecified atom stereocenters. The lowest BCUT2D eigenvalue weighted by molar-refractivity contribution is 0.828. The number of nitrogens with zero attached hydrogens (tertiary/aromatic N) is 2. The van der Waals surface area contributed by atoms with Gasteiger partial charge in [-0.2, -0.15) is 4.98 Å². The van der Waals surface area contributed by atoms with E-state index in [0.717, 1.165) is 36.3 Å². The summed E-state index contributed by atoms with van der Waals surface area (Å²) in [6.45, 7) is 1.25. The van der Waals surface area contributed by atoms with Crippen molar-refractivity contribution in [3.05, 3.63) is 35.4 Å². The number of rotatable bonds is 3. The summed E-state index contributed by atoms with van der Waals surface area (Å²) in [5.74, 6) is 1.13. The first-order valence-electron chi connectivity index (χ1n) is 6.98. The number of aromatic nitrogens is 2. The smallest absolute Gasteiger partial charge is 0.222 e. The van der Waals surface area contributed by atoms with E-state index in [1.165, 1.54) is 11.1 Å². The Morgan fingerprint density at radius 3 is 2.85 bits per heavy atom. The fourth-order valence-electron chi connectivity index (χ4n) is 2.72. The van der Waals surface area contributed by atoms with Crippen LogP contribution >= 0.6 is 0 Å². The van der Waals surface area contributed by atoms with E-state index in [0.29, 0.717) is 19.0 Å². The molecule has 5 N–H and O–H groups in total. The third-order valence-electron chi connectivity index (χ3n) is 3.61. The Balaban J connectivity index is 2.15. The Kier molecular flexibility index (Phi) is 3.52. The highest BCUT2D eigenvalue weighted by Gasteiger charge is 2.19. The maximum atomic E-state index is 5.87. The summed E-state index contributed by atoms with van der Waals surface area (Å²) in [6.07, 6.45) is 3.11. The minimum atomic E-state index is 0.306. The molecule has 0 radical (unpaired) electrons. The molecule has 1 aromatic carbocycles. The molecule has 2 aromatic rings. The normalized spacial score (nSPS) is 13.2. The van der Waals surface area contributed by atoms with Crippen molar-refractivity contribution < 1.29 is 0 Å². The highest BCUT2D eigenvalue weighted by molar-refractivity contribution is 5.73. The standard InChI is InChI=1S/C15H19N5/c16-8-9-18-14-12-7-3-5-10-4-1-2-6-11(10)13(12)19-15(17)20-14/h1-2,4,6H,3,5,7-9,16H2,(H3,17,18,19,20). The lowest BCUT2D eigenvalue weighted by Gasteiger charge is -2.14. The molecule has 1 heterocycles. The van der Waals surface area contributed by atoms with E-state index in [1.807, 2.05) is 6.07 Å². The van der Waals surface area contributed by atoms with Crippen LogP contribution in [0, 0.1) is 0 Å². The van der Waals surface area contributed by atoms with E-state index in [4.69, 9.17) is 11.5 Å². The van der Waals surface area contributed by atoms with Crippen LogP contribution in [0.15, 0.2) is 24.3 Å². The maximum absolute atomic E-state index is 5.87. The largest absolute Gasteiger partial charge is 0.368 e. The molecular formula is C15H19N5. The molecule has 0 fully saturated rings. The second-order valence-electron chi connectivity index (χ2n) is 4.98. The first-order valence-corrected chi connectivity index (χ1v) is 6.98. The summed E-state index contributed by atoms with van der Waals surface area (Å²) in [5, 5.41) is 3.27. The first-order chi connectivity index (χ1) is 9.79. The lowest BCUT2D eigenvalue weighted by atomic mass is 10.0. The molecule has 3 rings (SSSR count). The van der Waals surface area contributed by atoms with Crippen LogP contribution in [0.4, 0.5) is 11.8 Å². The predicted molar refractivity (Wildman–Crippen MR) is 81.4 cm³/mol. The van der Waals surface area contributed by atoms with Crippen molar-refractivity contribution in [2.45, 2.75) is 19.3 Å². The van der Waals surface area contributed by atoms with Crippen molar-refractivity contribution in [1.29, 1.82) is 0 Å². The maximum Gasteiger partial charge on any atom is 0.222 e. The molecule has 0 bridgehead atoms. The number of fused-ring (bicyclic) bond motifs is 3. The van der Waals surface area contributed by atoms with E-state index < -0.39 is 0 Å². The van der Waals surface area contributed by atoms with Crippen molar-refractivity contribution in [3.63, 3.8) is 0 Å². The van der Waals surface area contributed by atoms with Gasteiger partial charge in [0.2, 0.25) is 5.95 Å². The van der Waals surface area contributed by atoms with Crippen molar-refractivity contribution in [2.24, 2.45) is 5.73 Å². The molecular weight excluding hydrogens is 250 g/mol. The number of anilines is 2. The number of nitrogen functional groups attached to an aromatic ring is 1. The average Bonchev–Trinajstić information content (AvgIpc) is 2.64. The van der Waals surface area contributed by atoms with Crippen LogP contribution in [-0.4, -0.2) is 23.1 Å². The van der Waals surface area contributed by atoms with Gasteiger partial charge in [0.15, 0.2) is 0 Å². The average molecular weight is 269 g/mol. The van der Waals surface area contributed by atoms with Gasteiger partial charge in [0.25, 0.3) is 0 Å².